The van der Waals surface area contributed by atoms with Crippen molar-refractivity contribution in [3.63, 3.8) is 0 Å². The number of nitrogens with zero attached hydrogens (tertiary/aromatic N) is 4. The summed E-state index contributed by atoms with van der Waals surface area (Å²) in [6.07, 6.45) is 5.47. The Kier molecular flexibility index (Phi) is 5.81. The summed E-state index contributed by atoms with van der Waals surface area (Å²) in [5, 5.41) is 15.9. The lowest BCUT2D eigenvalue weighted by molar-refractivity contribution is -0.0797. The Bertz CT molecular complexity index is 1070. The van der Waals surface area contributed by atoms with Gasteiger partial charge in [-0.25, -0.2) is 9.37 Å². The van der Waals surface area contributed by atoms with Crippen LogP contribution >= 0.6 is 0 Å². The number of aromatic nitrogens is 2. The first-order valence-electron chi connectivity index (χ1n) is 11.5. The predicted molar refractivity (Wildman–Crippen MR) is 122 cm³/mol. The molecule has 3 aliphatic rings. The van der Waals surface area contributed by atoms with Crippen molar-refractivity contribution in [1.29, 1.82) is 5.26 Å². The fourth-order valence-electron chi connectivity index (χ4n) is 5.23. The van der Waals surface area contributed by atoms with Gasteiger partial charge in [-0.1, -0.05) is 0 Å². The number of piperidine rings is 1. The lowest BCUT2D eigenvalue weighted by Crippen LogP contribution is -2.55. The summed E-state index contributed by atoms with van der Waals surface area (Å²) in [6.45, 7) is 6.73. The molecule has 8 nitrogen and oxygen atoms in total. The van der Waals surface area contributed by atoms with E-state index in [1.165, 1.54) is 19.0 Å². The van der Waals surface area contributed by atoms with Gasteiger partial charge in [0, 0.05) is 23.3 Å². The molecule has 2 aromatic rings. The molecule has 0 bridgehead atoms. The van der Waals surface area contributed by atoms with E-state index in [4.69, 9.17) is 9.47 Å². The van der Waals surface area contributed by atoms with Crippen molar-refractivity contribution >= 4 is 17.5 Å². The van der Waals surface area contributed by atoms with Crippen molar-refractivity contribution in [2.45, 2.75) is 63.3 Å². The number of hydrogen-bond donors (Lipinski definition) is 2. The van der Waals surface area contributed by atoms with E-state index in [0.717, 1.165) is 19.4 Å². The van der Waals surface area contributed by atoms with Crippen molar-refractivity contribution in [3.05, 3.63) is 35.8 Å². The highest BCUT2D eigenvalue weighted by atomic mass is 19.1. The van der Waals surface area contributed by atoms with Crippen LogP contribution in [0.3, 0.4) is 0 Å². The number of ether oxygens (including phenoxy) is 2. The zero-order chi connectivity index (χ0) is 23.0. The van der Waals surface area contributed by atoms with E-state index in [1.54, 1.807) is 18.2 Å². The molecule has 174 valence electrons. The molecule has 33 heavy (non-hydrogen) atoms. The molecule has 1 aromatic heterocycles. The second-order valence-electron chi connectivity index (χ2n) is 9.70. The average molecular weight is 453 g/mol. The van der Waals surface area contributed by atoms with Crippen molar-refractivity contribution in [2.75, 3.05) is 30.4 Å². The highest BCUT2D eigenvalue weighted by Gasteiger charge is 2.43. The lowest BCUT2D eigenvalue weighted by atomic mass is 9.84. The van der Waals surface area contributed by atoms with Crippen molar-refractivity contribution in [3.8, 4) is 11.8 Å². The first-order chi connectivity index (χ1) is 15.9. The molecule has 2 atom stereocenters. The van der Waals surface area contributed by atoms with Crippen LogP contribution in [0.1, 0.15) is 45.1 Å². The maximum atomic E-state index is 14.6. The van der Waals surface area contributed by atoms with E-state index in [0.29, 0.717) is 36.3 Å². The van der Waals surface area contributed by atoms with Gasteiger partial charge >= 0.3 is 0 Å². The van der Waals surface area contributed by atoms with Crippen LogP contribution in [0.2, 0.25) is 0 Å². The Morgan fingerprint density at radius 3 is 2.94 bits per heavy atom. The Labute approximate surface area is 193 Å². The molecule has 0 radical (unpaired) electrons. The number of nitriles is 1. The fourth-order valence-corrected chi connectivity index (χ4v) is 5.23. The van der Waals surface area contributed by atoms with Crippen LogP contribution in [0.5, 0.6) is 5.75 Å². The third kappa shape index (κ3) is 4.59. The Morgan fingerprint density at radius 2 is 2.18 bits per heavy atom. The summed E-state index contributed by atoms with van der Waals surface area (Å²) in [5.41, 5.74) is 1.10. The lowest BCUT2D eigenvalue weighted by Gasteiger charge is -2.47. The maximum Gasteiger partial charge on any atom is 0.229 e. The minimum absolute atomic E-state index is 0.0222. The van der Waals surface area contributed by atoms with Gasteiger partial charge in [-0.2, -0.15) is 10.2 Å². The minimum atomic E-state index is -0.476. The second kappa shape index (κ2) is 8.76. The topological polar surface area (TPSA) is 95.3 Å². The number of halogens is 1. The standard InChI is InChI=1S/C24H29FN6O2/c1-24(2)10-17(9-18-4-3-7-31(18)24)28-22-20(25)12-27-23(30-22)29-16-5-6-21(15(8-16)11-26)33-19-13-32-14-19/h5-6,8,12,17-19H,3-4,7,9-10,13-14H2,1-2H3,(H2,27,28,29,30)/t17-,18-/m1/s1. The zero-order valence-electron chi connectivity index (χ0n) is 19.0. The zero-order valence-corrected chi connectivity index (χ0v) is 19.0. The summed E-state index contributed by atoms with van der Waals surface area (Å²) < 4.78 is 25.4. The van der Waals surface area contributed by atoms with E-state index in [2.05, 4.69) is 45.4 Å². The molecular weight excluding hydrogens is 423 g/mol. The van der Waals surface area contributed by atoms with Gasteiger partial charge in [0.15, 0.2) is 11.6 Å². The van der Waals surface area contributed by atoms with Crippen LogP contribution in [-0.2, 0) is 4.74 Å². The minimum Gasteiger partial charge on any atom is -0.484 e. The van der Waals surface area contributed by atoms with Crippen LogP contribution in [-0.4, -0.2) is 58.4 Å². The molecular formula is C24H29FN6O2. The SMILES string of the molecule is CC1(C)C[C@H](Nc2nc(Nc3ccc(OC4COC4)c(C#N)c3)ncc2F)C[C@H]2CCCN21. The first kappa shape index (κ1) is 21.9. The van der Waals surface area contributed by atoms with Gasteiger partial charge in [0.2, 0.25) is 5.95 Å². The van der Waals surface area contributed by atoms with E-state index >= 15 is 0 Å². The van der Waals surface area contributed by atoms with E-state index in [-0.39, 0.29) is 29.5 Å². The van der Waals surface area contributed by atoms with Gasteiger partial charge < -0.3 is 20.1 Å². The number of nitrogens with one attached hydrogen (secondary N) is 2. The largest absolute Gasteiger partial charge is 0.484 e. The number of hydrogen-bond acceptors (Lipinski definition) is 8. The van der Waals surface area contributed by atoms with Gasteiger partial charge in [-0.15, -0.1) is 0 Å². The van der Waals surface area contributed by atoms with Crippen LogP contribution in [0, 0.1) is 17.1 Å². The summed E-state index contributed by atoms with van der Waals surface area (Å²) in [7, 11) is 0. The highest BCUT2D eigenvalue weighted by Crippen LogP contribution is 2.38. The summed E-state index contributed by atoms with van der Waals surface area (Å²) in [4.78, 5) is 11.1. The number of rotatable bonds is 6. The molecule has 4 heterocycles. The summed E-state index contributed by atoms with van der Waals surface area (Å²) in [5.74, 6) is 0.502. The van der Waals surface area contributed by atoms with Crippen LogP contribution in [0.4, 0.5) is 21.8 Å². The fraction of sp³-hybridized carbons (Fsp3) is 0.542. The molecule has 2 N–H and O–H groups in total. The van der Waals surface area contributed by atoms with Crippen molar-refractivity contribution < 1.29 is 13.9 Å². The molecule has 3 saturated heterocycles. The van der Waals surface area contributed by atoms with Crippen molar-refractivity contribution in [2.24, 2.45) is 0 Å². The third-order valence-corrected chi connectivity index (χ3v) is 6.80. The van der Waals surface area contributed by atoms with Crippen LogP contribution < -0.4 is 15.4 Å². The molecule has 9 heteroatoms. The molecule has 0 spiro atoms. The average Bonchev–Trinajstić information content (AvgIpc) is 3.23. The second-order valence-corrected chi connectivity index (χ2v) is 9.70. The van der Waals surface area contributed by atoms with Gasteiger partial charge in [0.25, 0.3) is 0 Å². The number of anilines is 3. The van der Waals surface area contributed by atoms with Crippen molar-refractivity contribution in [1.82, 2.24) is 14.9 Å². The van der Waals surface area contributed by atoms with E-state index in [9.17, 15) is 9.65 Å². The third-order valence-electron chi connectivity index (χ3n) is 6.80. The van der Waals surface area contributed by atoms with Crippen LogP contribution in [0.15, 0.2) is 24.4 Å². The summed E-state index contributed by atoms with van der Waals surface area (Å²) >= 11 is 0. The molecule has 3 fully saturated rings. The smallest absolute Gasteiger partial charge is 0.229 e. The Balaban J connectivity index is 1.29. The number of benzene rings is 1. The first-order valence-corrected chi connectivity index (χ1v) is 11.5. The molecule has 3 aliphatic heterocycles. The van der Waals surface area contributed by atoms with Crippen LogP contribution in [0.25, 0.3) is 0 Å². The monoisotopic (exact) mass is 452 g/mol. The molecule has 1 aromatic carbocycles. The molecule has 5 rings (SSSR count). The Hall–Kier alpha value is -2.96. The molecule has 0 unspecified atom stereocenters. The Morgan fingerprint density at radius 1 is 1.33 bits per heavy atom. The molecule has 0 saturated carbocycles. The van der Waals surface area contributed by atoms with Gasteiger partial charge in [0.05, 0.1) is 25.0 Å². The van der Waals surface area contributed by atoms with Gasteiger partial charge in [0.1, 0.15) is 17.9 Å². The molecule has 0 amide bonds. The van der Waals surface area contributed by atoms with Gasteiger partial charge in [-0.3, -0.25) is 4.90 Å². The van der Waals surface area contributed by atoms with Gasteiger partial charge in [-0.05, 0) is 64.3 Å². The van der Waals surface area contributed by atoms with E-state index < -0.39 is 5.82 Å². The predicted octanol–water partition coefficient (Wildman–Crippen LogP) is 3.83. The maximum absolute atomic E-state index is 14.6. The molecule has 0 aliphatic carbocycles. The number of fused-ring (bicyclic) bond motifs is 1. The highest BCUT2D eigenvalue weighted by molar-refractivity contribution is 5.61. The summed E-state index contributed by atoms with van der Waals surface area (Å²) in [6, 6.07) is 8.03. The quantitative estimate of drug-likeness (QED) is 0.683. The van der Waals surface area contributed by atoms with E-state index in [1.807, 2.05) is 0 Å². The normalized spacial score (nSPS) is 24.4.